The largest absolute Gasteiger partial charge is 3.00 e. The Balaban J connectivity index is 0. The van der Waals surface area contributed by atoms with Crippen LogP contribution in [-0.2, 0) is 11.0 Å². The number of rotatable bonds is 0. The topological polar surface area (TPSA) is 57.0 Å². The molecule has 2 nitrogen and oxygen atoms in total. The summed E-state index contributed by atoms with van der Waals surface area (Å²) in [5.74, 6) is 0. The zero-order valence-corrected chi connectivity index (χ0v) is 7.70. The van der Waals surface area contributed by atoms with Gasteiger partial charge in [0, 0.05) is 0 Å². The van der Waals surface area contributed by atoms with Gasteiger partial charge >= 0.3 is 66.2 Å². The van der Waals surface area contributed by atoms with Gasteiger partial charge in [-0.25, -0.2) is 0 Å². The average Bonchev–Trinajstić information content (AvgIpc) is 0. The Morgan fingerprint density at radius 1 is 0.750 bits per heavy atom. The van der Waals surface area contributed by atoms with Crippen LogP contribution in [0.3, 0.4) is 0 Å². The minimum atomic E-state index is 0. The normalized spacial score (nSPS) is 0. The zero-order valence-electron chi connectivity index (χ0n) is 2.10. The molecule has 0 amide bonds. The Kier molecular flexibility index (Phi) is 184. The second-order valence-electron chi connectivity index (χ2n) is 0. The first-order chi connectivity index (χ1) is 0. The molecule has 0 saturated heterocycles. The van der Waals surface area contributed by atoms with Gasteiger partial charge in [-0.1, -0.05) is 0 Å². The van der Waals surface area contributed by atoms with Crippen molar-refractivity contribution in [2.75, 3.05) is 0 Å². The molecule has 0 atom stereocenters. The molecular weight excluding hydrogens is 196 g/mol. The molecule has 0 radical (unpaired) electrons. The summed E-state index contributed by atoms with van der Waals surface area (Å²) in [5, 5.41) is 0. The fraction of sp³-hybridized carbons (Fsp3) is 0. The zero-order chi connectivity index (χ0) is 0. The fourth-order valence-electron chi connectivity index (χ4n) is 0. The van der Waals surface area contributed by atoms with Gasteiger partial charge < -0.3 is 11.0 Å². The molecule has 0 aromatic heterocycles. The van der Waals surface area contributed by atoms with Crippen LogP contribution in [0.4, 0.5) is 0 Å². The summed E-state index contributed by atoms with van der Waals surface area (Å²) in [6, 6.07) is 0. The van der Waals surface area contributed by atoms with Crippen molar-refractivity contribution < 1.29 is 11.0 Å². The standard InChI is InChI=1S/Al.Ba.2O/q+3;+2;2*-2. The summed E-state index contributed by atoms with van der Waals surface area (Å²) in [6.07, 6.45) is 0. The van der Waals surface area contributed by atoms with Crippen molar-refractivity contribution in [3.8, 4) is 0 Å². The molecule has 0 heterocycles. The quantitative estimate of drug-likeness (QED) is 0.446. The Morgan fingerprint density at radius 3 is 0.750 bits per heavy atom. The molecule has 0 saturated carbocycles. The summed E-state index contributed by atoms with van der Waals surface area (Å²) in [4.78, 5) is 0. The summed E-state index contributed by atoms with van der Waals surface area (Å²) in [5.41, 5.74) is 0. The molecule has 0 aliphatic carbocycles. The second-order valence-corrected chi connectivity index (χ2v) is 0. The molecular formula is AlBaO2+. The van der Waals surface area contributed by atoms with E-state index in [1.807, 2.05) is 0 Å². The molecule has 0 aromatic rings. The summed E-state index contributed by atoms with van der Waals surface area (Å²) in [6.45, 7) is 0. The van der Waals surface area contributed by atoms with Crippen LogP contribution in [0.2, 0.25) is 0 Å². The van der Waals surface area contributed by atoms with E-state index in [-0.39, 0.29) is 77.2 Å². The fourth-order valence-corrected chi connectivity index (χ4v) is 0. The maximum atomic E-state index is 0. The molecule has 0 aromatic carbocycles. The van der Waals surface area contributed by atoms with Crippen LogP contribution >= 0.6 is 0 Å². The van der Waals surface area contributed by atoms with Gasteiger partial charge in [0.05, 0.1) is 0 Å². The molecule has 0 N–H and O–H groups in total. The van der Waals surface area contributed by atoms with E-state index in [0.29, 0.717) is 0 Å². The van der Waals surface area contributed by atoms with Crippen LogP contribution in [-0.4, -0.2) is 66.2 Å². The minimum Gasteiger partial charge on any atom is -2.00 e. The first-order valence-electron chi connectivity index (χ1n) is 0. The Bertz CT molecular complexity index is 6.00. The second kappa shape index (κ2) is 19.9. The Morgan fingerprint density at radius 2 is 0.750 bits per heavy atom. The van der Waals surface area contributed by atoms with E-state index in [2.05, 4.69) is 0 Å². The van der Waals surface area contributed by atoms with Crippen molar-refractivity contribution in [3.63, 3.8) is 0 Å². The maximum absolute atomic E-state index is 0. The third-order valence-corrected chi connectivity index (χ3v) is 0. The van der Waals surface area contributed by atoms with Crippen molar-refractivity contribution in [2.45, 2.75) is 0 Å². The smallest absolute Gasteiger partial charge is 2.00 e. The molecule has 4 heteroatoms. The van der Waals surface area contributed by atoms with Gasteiger partial charge in [0.15, 0.2) is 0 Å². The summed E-state index contributed by atoms with van der Waals surface area (Å²) < 4.78 is 0. The van der Waals surface area contributed by atoms with Crippen LogP contribution < -0.4 is 0 Å². The number of hydrogen-bond acceptors (Lipinski definition) is 0. The Hall–Kier alpha value is 2.02. The summed E-state index contributed by atoms with van der Waals surface area (Å²) in [7, 11) is 0. The number of hydrogen-bond donors (Lipinski definition) is 0. The van der Waals surface area contributed by atoms with Gasteiger partial charge in [-0.3, -0.25) is 0 Å². The predicted octanol–water partition coefficient (Wildman–Crippen LogP) is -0.999. The van der Waals surface area contributed by atoms with Gasteiger partial charge in [-0.2, -0.15) is 0 Å². The molecule has 0 spiro atoms. The molecule has 0 aliphatic heterocycles. The third-order valence-electron chi connectivity index (χ3n) is 0. The molecule has 0 aliphatic rings. The van der Waals surface area contributed by atoms with Crippen molar-refractivity contribution in [1.82, 2.24) is 0 Å². The van der Waals surface area contributed by atoms with E-state index in [4.69, 9.17) is 0 Å². The van der Waals surface area contributed by atoms with Crippen molar-refractivity contribution in [3.05, 3.63) is 0 Å². The SMILES string of the molecule is [Al+3].[Ba+2].[O-2].[O-2]. The van der Waals surface area contributed by atoms with Gasteiger partial charge in [-0.05, 0) is 0 Å². The monoisotopic (exact) mass is 197 g/mol. The minimum absolute atomic E-state index is 0. The van der Waals surface area contributed by atoms with Crippen LogP contribution in [0.15, 0.2) is 0 Å². The van der Waals surface area contributed by atoms with Crippen LogP contribution in [0.1, 0.15) is 0 Å². The molecule has 16 valence electrons. The third kappa shape index (κ3) is 8.98. The van der Waals surface area contributed by atoms with E-state index in [1.54, 1.807) is 0 Å². The van der Waals surface area contributed by atoms with Crippen LogP contribution in [0, 0.1) is 0 Å². The molecule has 0 rings (SSSR count). The van der Waals surface area contributed by atoms with Crippen molar-refractivity contribution >= 4 is 66.2 Å². The summed E-state index contributed by atoms with van der Waals surface area (Å²) >= 11 is 0. The first kappa shape index (κ1) is 37.1. The molecule has 0 bridgehead atoms. The van der Waals surface area contributed by atoms with Crippen molar-refractivity contribution in [2.24, 2.45) is 0 Å². The van der Waals surface area contributed by atoms with Gasteiger partial charge in [-0.15, -0.1) is 0 Å². The maximum Gasteiger partial charge on any atom is 3.00 e. The van der Waals surface area contributed by atoms with E-state index in [1.165, 1.54) is 0 Å². The van der Waals surface area contributed by atoms with Crippen molar-refractivity contribution in [1.29, 1.82) is 0 Å². The van der Waals surface area contributed by atoms with Gasteiger partial charge in [0.25, 0.3) is 0 Å². The average molecular weight is 196 g/mol. The van der Waals surface area contributed by atoms with Gasteiger partial charge in [0.2, 0.25) is 0 Å². The van der Waals surface area contributed by atoms with E-state index in [9.17, 15) is 0 Å². The molecule has 0 unspecified atom stereocenters. The Labute approximate surface area is 75.8 Å². The van der Waals surface area contributed by atoms with Crippen LogP contribution in [0.5, 0.6) is 0 Å². The van der Waals surface area contributed by atoms with E-state index < -0.39 is 0 Å². The molecule has 4 heavy (non-hydrogen) atoms. The first-order valence-corrected chi connectivity index (χ1v) is 0. The molecule has 0 fully saturated rings. The van der Waals surface area contributed by atoms with Crippen LogP contribution in [0.25, 0.3) is 0 Å². The predicted molar refractivity (Wildman–Crippen MR) is 12.9 cm³/mol. The van der Waals surface area contributed by atoms with E-state index >= 15 is 0 Å². The van der Waals surface area contributed by atoms with Gasteiger partial charge in [0.1, 0.15) is 0 Å². The van der Waals surface area contributed by atoms with E-state index in [0.717, 1.165) is 0 Å².